The van der Waals surface area contributed by atoms with Crippen LogP contribution in [-0.4, -0.2) is 43.2 Å². The van der Waals surface area contributed by atoms with E-state index in [2.05, 4.69) is 27.1 Å². The van der Waals surface area contributed by atoms with Crippen LogP contribution in [0.15, 0.2) is 11.6 Å². The van der Waals surface area contributed by atoms with E-state index < -0.39 is 0 Å². The Bertz CT molecular complexity index is 178. The molecule has 1 aliphatic heterocycles. The summed E-state index contributed by atoms with van der Waals surface area (Å²) in [5.74, 6) is 2.51. The van der Waals surface area contributed by atoms with Crippen molar-refractivity contribution in [3.63, 3.8) is 0 Å². The molecule has 0 saturated carbocycles. The molecule has 0 bridgehead atoms. The van der Waals surface area contributed by atoms with Crippen LogP contribution < -0.4 is 24.0 Å². The van der Waals surface area contributed by atoms with Crippen molar-refractivity contribution in [2.45, 2.75) is 13.3 Å². The van der Waals surface area contributed by atoms with Gasteiger partial charge in [-0.3, -0.25) is 0 Å². The SMILES string of the molecule is CCSCC1=CC[N+](C)(C)CC1.[I-]. The van der Waals surface area contributed by atoms with Gasteiger partial charge >= 0.3 is 0 Å². The molecule has 0 atom stereocenters. The van der Waals surface area contributed by atoms with E-state index in [0.29, 0.717) is 0 Å². The van der Waals surface area contributed by atoms with Crippen molar-refractivity contribution in [2.24, 2.45) is 0 Å². The molecule has 0 radical (unpaired) electrons. The molecule has 0 aliphatic carbocycles. The number of hydrogen-bond acceptors (Lipinski definition) is 1. The van der Waals surface area contributed by atoms with Gasteiger partial charge in [-0.1, -0.05) is 12.5 Å². The molecule has 0 N–H and O–H groups in total. The number of hydrogen-bond donors (Lipinski definition) is 0. The van der Waals surface area contributed by atoms with Gasteiger partial charge in [0.15, 0.2) is 0 Å². The Morgan fingerprint density at radius 2 is 2.15 bits per heavy atom. The maximum atomic E-state index is 2.44. The zero-order valence-electron chi connectivity index (χ0n) is 8.85. The van der Waals surface area contributed by atoms with Crippen molar-refractivity contribution in [1.82, 2.24) is 0 Å². The normalized spacial score (nSPS) is 20.4. The van der Waals surface area contributed by atoms with Gasteiger partial charge < -0.3 is 28.5 Å². The average molecular weight is 313 g/mol. The number of rotatable bonds is 3. The first-order valence-electron chi connectivity index (χ1n) is 4.72. The Balaban J connectivity index is 0.00000144. The highest BCUT2D eigenvalue weighted by atomic mass is 127. The Morgan fingerprint density at radius 3 is 2.62 bits per heavy atom. The van der Waals surface area contributed by atoms with Gasteiger partial charge in [0, 0.05) is 12.2 Å². The minimum Gasteiger partial charge on any atom is -1.00 e. The summed E-state index contributed by atoms with van der Waals surface area (Å²) in [4.78, 5) is 0. The van der Waals surface area contributed by atoms with Gasteiger partial charge in [0.05, 0.1) is 27.2 Å². The summed E-state index contributed by atoms with van der Waals surface area (Å²) in [6, 6.07) is 0. The topological polar surface area (TPSA) is 0 Å². The molecule has 0 saturated heterocycles. The van der Waals surface area contributed by atoms with Gasteiger partial charge in [0.2, 0.25) is 0 Å². The maximum absolute atomic E-state index is 2.44. The smallest absolute Gasteiger partial charge is 0.0972 e. The second-order valence-electron chi connectivity index (χ2n) is 4.09. The minimum absolute atomic E-state index is 0. The van der Waals surface area contributed by atoms with Crippen LogP contribution in [-0.2, 0) is 0 Å². The Labute approximate surface area is 104 Å². The second-order valence-corrected chi connectivity index (χ2v) is 5.37. The third-order valence-electron chi connectivity index (χ3n) is 2.40. The van der Waals surface area contributed by atoms with E-state index >= 15 is 0 Å². The zero-order chi connectivity index (χ0) is 9.03. The summed E-state index contributed by atoms with van der Waals surface area (Å²) in [5.41, 5.74) is 1.67. The van der Waals surface area contributed by atoms with Crippen molar-refractivity contribution in [1.29, 1.82) is 0 Å². The lowest BCUT2D eigenvalue weighted by molar-refractivity contribution is -0.885. The first kappa shape index (κ1) is 13.8. The molecule has 0 fully saturated rings. The first-order chi connectivity index (χ1) is 5.64. The molecule has 13 heavy (non-hydrogen) atoms. The Morgan fingerprint density at radius 1 is 1.46 bits per heavy atom. The predicted octanol–water partition coefficient (Wildman–Crippen LogP) is -0.850. The van der Waals surface area contributed by atoms with Crippen molar-refractivity contribution < 1.29 is 28.5 Å². The lowest BCUT2D eigenvalue weighted by atomic mass is 10.1. The van der Waals surface area contributed by atoms with Crippen LogP contribution in [0.1, 0.15) is 13.3 Å². The van der Waals surface area contributed by atoms with Gasteiger partial charge in [-0.25, -0.2) is 0 Å². The predicted molar refractivity (Wildman–Crippen MR) is 57.5 cm³/mol. The monoisotopic (exact) mass is 313 g/mol. The summed E-state index contributed by atoms with van der Waals surface area (Å²) in [6.07, 6.45) is 3.74. The second kappa shape index (κ2) is 6.30. The molecule has 1 aliphatic rings. The van der Waals surface area contributed by atoms with E-state index in [4.69, 9.17) is 0 Å². The largest absolute Gasteiger partial charge is 1.00 e. The Kier molecular flexibility index (Phi) is 6.68. The van der Waals surface area contributed by atoms with Crippen molar-refractivity contribution in [2.75, 3.05) is 38.7 Å². The molecule has 0 unspecified atom stereocenters. The Hall–Kier alpha value is 0.780. The number of thioether (sulfide) groups is 1. The molecule has 0 aromatic carbocycles. The number of halogens is 1. The fraction of sp³-hybridized carbons (Fsp3) is 0.800. The molecule has 0 amide bonds. The molecule has 0 spiro atoms. The summed E-state index contributed by atoms with van der Waals surface area (Å²) in [7, 11) is 4.61. The molecule has 78 valence electrons. The average Bonchev–Trinajstić information content (AvgIpc) is 2.03. The van der Waals surface area contributed by atoms with Crippen LogP contribution in [0.25, 0.3) is 0 Å². The number of quaternary nitrogens is 1. The third kappa shape index (κ3) is 5.27. The lowest BCUT2D eigenvalue weighted by Gasteiger charge is -2.32. The fourth-order valence-electron chi connectivity index (χ4n) is 1.38. The first-order valence-corrected chi connectivity index (χ1v) is 5.87. The highest BCUT2D eigenvalue weighted by molar-refractivity contribution is 7.99. The molecule has 3 heteroatoms. The molecule has 0 aromatic heterocycles. The summed E-state index contributed by atoms with van der Waals surface area (Å²) >= 11 is 2.04. The molecular weight excluding hydrogens is 293 g/mol. The van der Waals surface area contributed by atoms with Crippen LogP contribution in [0, 0.1) is 0 Å². The van der Waals surface area contributed by atoms with Gasteiger partial charge in [0.1, 0.15) is 0 Å². The van der Waals surface area contributed by atoms with E-state index in [1.165, 1.54) is 35.5 Å². The van der Waals surface area contributed by atoms with E-state index in [-0.39, 0.29) is 24.0 Å². The van der Waals surface area contributed by atoms with Crippen LogP contribution in [0.5, 0.6) is 0 Å². The highest BCUT2D eigenvalue weighted by Gasteiger charge is 2.18. The maximum Gasteiger partial charge on any atom is 0.0972 e. The van der Waals surface area contributed by atoms with Crippen LogP contribution in [0.2, 0.25) is 0 Å². The summed E-state index contributed by atoms with van der Waals surface area (Å²) in [6.45, 7) is 4.77. The molecule has 1 heterocycles. The van der Waals surface area contributed by atoms with Gasteiger partial charge in [-0.15, -0.1) is 0 Å². The number of nitrogens with zero attached hydrogens (tertiary/aromatic N) is 1. The zero-order valence-corrected chi connectivity index (χ0v) is 11.8. The van der Waals surface area contributed by atoms with Crippen molar-refractivity contribution in [3.8, 4) is 0 Å². The van der Waals surface area contributed by atoms with Crippen molar-refractivity contribution >= 4 is 11.8 Å². The van der Waals surface area contributed by atoms with E-state index in [0.717, 1.165) is 0 Å². The quantitative estimate of drug-likeness (QED) is 0.372. The third-order valence-corrected chi connectivity index (χ3v) is 3.39. The standard InChI is InChI=1S/C10H20NS.HI/c1-4-12-9-10-5-7-11(2,3)8-6-10;/h5H,4,6-9H2,1-3H3;1H/q+1;/p-1. The van der Waals surface area contributed by atoms with Crippen LogP contribution in [0.3, 0.4) is 0 Å². The lowest BCUT2D eigenvalue weighted by Crippen LogP contribution is -3.00. The summed E-state index contributed by atoms with van der Waals surface area (Å²) in [5, 5.41) is 0. The van der Waals surface area contributed by atoms with E-state index in [9.17, 15) is 0 Å². The van der Waals surface area contributed by atoms with Gasteiger partial charge in [-0.05, 0) is 11.8 Å². The van der Waals surface area contributed by atoms with Gasteiger partial charge in [-0.2, -0.15) is 11.8 Å². The van der Waals surface area contributed by atoms with Crippen molar-refractivity contribution in [3.05, 3.63) is 11.6 Å². The van der Waals surface area contributed by atoms with E-state index in [1.54, 1.807) is 5.57 Å². The van der Waals surface area contributed by atoms with Crippen LogP contribution >= 0.6 is 11.8 Å². The molecular formula is C10H20INS. The molecule has 1 rings (SSSR count). The summed E-state index contributed by atoms with van der Waals surface area (Å²) < 4.78 is 1.17. The number of likely N-dealkylation sites (N-methyl/N-ethyl adjacent to an activating group) is 1. The molecule has 1 nitrogen and oxygen atoms in total. The minimum atomic E-state index is 0. The fourth-order valence-corrected chi connectivity index (χ4v) is 2.11. The van der Waals surface area contributed by atoms with Gasteiger partial charge in [0.25, 0.3) is 0 Å². The molecule has 0 aromatic rings. The highest BCUT2D eigenvalue weighted by Crippen LogP contribution is 2.18. The van der Waals surface area contributed by atoms with Crippen LogP contribution in [0.4, 0.5) is 0 Å². The van der Waals surface area contributed by atoms with E-state index in [1.807, 2.05) is 11.8 Å².